The molecule has 0 aliphatic rings. The molecule has 2 amide bonds. The summed E-state index contributed by atoms with van der Waals surface area (Å²) in [5.41, 5.74) is 7.49. The minimum atomic E-state index is -0.705. The molecule has 3 aromatic rings. The van der Waals surface area contributed by atoms with Crippen LogP contribution in [0.2, 0.25) is 10.0 Å². The van der Waals surface area contributed by atoms with Crippen LogP contribution in [0.3, 0.4) is 0 Å². The first-order chi connectivity index (χ1) is 13.4. The van der Waals surface area contributed by atoms with Gasteiger partial charge in [-0.1, -0.05) is 29.3 Å². The number of hydrogen-bond donors (Lipinski definition) is 3. The zero-order chi connectivity index (χ0) is 20.3. The van der Waals surface area contributed by atoms with Gasteiger partial charge in [0.25, 0.3) is 11.8 Å². The lowest BCUT2D eigenvalue weighted by Crippen LogP contribution is -2.22. The number of hydrogen-bond acceptors (Lipinski definition) is 4. The van der Waals surface area contributed by atoms with Gasteiger partial charge in [0.05, 0.1) is 21.9 Å². The average molecular weight is 418 g/mol. The molecule has 0 saturated heterocycles. The molecule has 0 atom stereocenters. The Morgan fingerprint density at radius 2 is 1.75 bits per heavy atom. The minimum absolute atomic E-state index is 0.0313. The van der Waals surface area contributed by atoms with Gasteiger partial charge in [0.2, 0.25) is 0 Å². The number of carbonyl (C=O) groups excluding carboxylic acids is 2. The molecule has 0 saturated carbocycles. The lowest BCUT2D eigenvalue weighted by atomic mass is 10.2. The Labute approximate surface area is 171 Å². The van der Waals surface area contributed by atoms with E-state index in [1.807, 2.05) is 6.92 Å². The second-order valence-electron chi connectivity index (χ2n) is 5.83. The largest absolute Gasteiger partial charge is 0.364 e. The molecule has 144 valence electrons. The normalized spacial score (nSPS) is 10.5. The fourth-order valence-corrected chi connectivity index (χ4v) is 3.16. The summed E-state index contributed by atoms with van der Waals surface area (Å²) in [6.45, 7) is 2.40. The van der Waals surface area contributed by atoms with E-state index in [-0.39, 0.29) is 11.6 Å². The van der Waals surface area contributed by atoms with Crippen LogP contribution in [0.4, 0.5) is 11.4 Å². The Bertz CT molecular complexity index is 1010. The first-order valence-corrected chi connectivity index (χ1v) is 9.15. The summed E-state index contributed by atoms with van der Waals surface area (Å²) in [6, 6.07) is 11.8. The van der Waals surface area contributed by atoms with Gasteiger partial charge in [-0.2, -0.15) is 5.10 Å². The van der Waals surface area contributed by atoms with Crippen molar-refractivity contribution in [3.8, 4) is 5.69 Å². The molecule has 1 heterocycles. The van der Waals surface area contributed by atoms with Crippen LogP contribution in [0, 0.1) is 0 Å². The van der Waals surface area contributed by atoms with Crippen molar-refractivity contribution < 1.29 is 9.59 Å². The topological polar surface area (TPSA) is 102 Å². The van der Waals surface area contributed by atoms with Gasteiger partial charge >= 0.3 is 0 Å². The third-order valence-corrected chi connectivity index (χ3v) is 4.49. The highest BCUT2D eigenvalue weighted by molar-refractivity contribution is 6.37. The van der Waals surface area contributed by atoms with E-state index < -0.39 is 5.91 Å². The highest BCUT2D eigenvalue weighted by Crippen LogP contribution is 2.30. The van der Waals surface area contributed by atoms with Gasteiger partial charge in [-0.05, 0) is 43.3 Å². The number of halogens is 2. The fourth-order valence-electron chi connectivity index (χ4n) is 2.59. The van der Waals surface area contributed by atoms with Gasteiger partial charge in [0.15, 0.2) is 5.69 Å². The average Bonchev–Trinajstić information content (AvgIpc) is 3.06. The lowest BCUT2D eigenvalue weighted by molar-refractivity contribution is 0.0954. The molecule has 0 bridgehead atoms. The number of para-hydroxylation sites is 1. The molecular weight excluding hydrogens is 401 g/mol. The van der Waals surface area contributed by atoms with E-state index in [1.54, 1.807) is 48.7 Å². The van der Waals surface area contributed by atoms with Crippen molar-refractivity contribution in [1.29, 1.82) is 0 Å². The fraction of sp³-hybridized carbons (Fsp3) is 0.105. The van der Waals surface area contributed by atoms with Gasteiger partial charge in [0, 0.05) is 17.8 Å². The highest BCUT2D eigenvalue weighted by Gasteiger charge is 2.18. The third-order valence-electron chi connectivity index (χ3n) is 3.88. The molecule has 4 N–H and O–H groups in total. The second-order valence-corrected chi connectivity index (χ2v) is 6.65. The molecular formula is C19H17Cl2N5O2. The van der Waals surface area contributed by atoms with E-state index in [4.69, 9.17) is 28.9 Å². The molecule has 0 radical (unpaired) electrons. The van der Waals surface area contributed by atoms with Crippen LogP contribution in [0.15, 0.2) is 48.7 Å². The molecule has 0 fully saturated rings. The van der Waals surface area contributed by atoms with Crippen LogP contribution < -0.4 is 16.4 Å². The number of nitrogens with two attached hydrogens (primary N) is 1. The summed E-state index contributed by atoms with van der Waals surface area (Å²) in [4.78, 5) is 23.7. The van der Waals surface area contributed by atoms with E-state index in [0.717, 1.165) is 0 Å². The Hall–Kier alpha value is -3.03. The molecule has 2 aromatic carbocycles. The van der Waals surface area contributed by atoms with Crippen molar-refractivity contribution in [2.75, 3.05) is 11.9 Å². The van der Waals surface area contributed by atoms with E-state index in [9.17, 15) is 9.59 Å². The second kappa shape index (κ2) is 8.33. The van der Waals surface area contributed by atoms with E-state index in [2.05, 4.69) is 15.7 Å². The maximum atomic E-state index is 11.9. The summed E-state index contributed by atoms with van der Waals surface area (Å²) in [7, 11) is 0. The molecule has 7 nitrogen and oxygen atoms in total. The number of benzene rings is 2. The van der Waals surface area contributed by atoms with Crippen molar-refractivity contribution in [2.45, 2.75) is 6.92 Å². The smallest absolute Gasteiger partial charge is 0.271 e. The molecule has 3 rings (SSSR count). The van der Waals surface area contributed by atoms with Gasteiger partial charge in [-0.15, -0.1) is 0 Å². The first-order valence-electron chi connectivity index (χ1n) is 8.40. The first kappa shape index (κ1) is 19.7. The Kier molecular flexibility index (Phi) is 5.87. The minimum Gasteiger partial charge on any atom is -0.364 e. The maximum absolute atomic E-state index is 11.9. The number of anilines is 2. The van der Waals surface area contributed by atoms with Gasteiger partial charge < -0.3 is 16.4 Å². The van der Waals surface area contributed by atoms with Crippen LogP contribution in [0.25, 0.3) is 5.69 Å². The van der Waals surface area contributed by atoms with Crippen molar-refractivity contribution in [3.05, 3.63) is 70.0 Å². The van der Waals surface area contributed by atoms with Gasteiger partial charge in [-0.3, -0.25) is 9.59 Å². The standard InChI is InChI=1S/C19H17Cl2N5O2/c1-2-23-19(28)11-6-8-12(9-7-11)24-15-10-26(25-16(15)18(22)27)17-13(20)4-3-5-14(17)21/h3-10,24H,2H2,1H3,(H2,22,27)(H,23,28). The van der Waals surface area contributed by atoms with Crippen LogP contribution >= 0.6 is 23.2 Å². The highest BCUT2D eigenvalue weighted by atomic mass is 35.5. The van der Waals surface area contributed by atoms with Gasteiger partial charge in [-0.25, -0.2) is 4.68 Å². The van der Waals surface area contributed by atoms with Crippen molar-refractivity contribution >= 4 is 46.4 Å². The number of amides is 2. The Morgan fingerprint density at radius 3 is 2.32 bits per heavy atom. The predicted octanol–water partition coefficient (Wildman–Crippen LogP) is 3.77. The maximum Gasteiger partial charge on any atom is 0.271 e. The van der Waals surface area contributed by atoms with Crippen molar-refractivity contribution in [3.63, 3.8) is 0 Å². The number of carbonyl (C=O) groups is 2. The number of aromatic nitrogens is 2. The Morgan fingerprint density at radius 1 is 1.11 bits per heavy atom. The zero-order valence-electron chi connectivity index (χ0n) is 14.9. The number of nitrogens with zero attached hydrogens (tertiary/aromatic N) is 2. The predicted molar refractivity (Wildman–Crippen MR) is 110 cm³/mol. The zero-order valence-corrected chi connectivity index (χ0v) is 16.4. The van der Waals surface area contributed by atoms with E-state index >= 15 is 0 Å². The number of rotatable bonds is 6. The SMILES string of the molecule is CCNC(=O)c1ccc(Nc2cn(-c3c(Cl)cccc3Cl)nc2C(N)=O)cc1. The quantitative estimate of drug-likeness (QED) is 0.567. The molecule has 0 unspecified atom stereocenters. The number of nitrogens with one attached hydrogen (secondary N) is 2. The van der Waals surface area contributed by atoms with Crippen molar-refractivity contribution in [1.82, 2.24) is 15.1 Å². The van der Waals surface area contributed by atoms with Gasteiger partial charge in [0.1, 0.15) is 5.69 Å². The van der Waals surface area contributed by atoms with Crippen molar-refractivity contribution in [2.24, 2.45) is 5.73 Å². The summed E-state index contributed by atoms with van der Waals surface area (Å²) in [5.74, 6) is -0.864. The summed E-state index contributed by atoms with van der Waals surface area (Å²) in [6.07, 6.45) is 1.57. The van der Waals surface area contributed by atoms with E-state index in [0.29, 0.717) is 39.2 Å². The number of primary amides is 1. The van der Waals surface area contributed by atoms with E-state index in [1.165, 1.54) is 4.68 Å². The molecule has 28 heavy (non-hydrogen) atoms. The van der Waals surface area contributed by atoms with Crippen LogP contribution in [-0.4, -0.2) is 28.1 Å². The summed E-state index contributed by atoms with van der Waals surface area (Å²) >= 11 is 12.4. The molecule has 1 aromatic heterocycles. The van der Waals surface area contributed by atoms with Crippen LogP contribution in [0.1, 0.15) is 27.8 Å². The molecule has 0 spiro atoms. The molecule has 0 aliphatic carbocycles. The molecule has 9 heteroatoms. The van der Waals surface area contributed by atoms with Crippen LogP contribution in [-0.2, 0) is 0 Å². The lowest BCUT2D eigenvalue weighted by Gasteiger charge is -2.07. The molecule has 0 aliphatic heterocycles. The third kappa shape index (κ3) is 4.11. The monoisotopic (exact) mass is 417 g/mol. The summed E-state index contributed by atoms with van der Waals surface area (Å²) < 4.78 is 1.40. The summed E-state index contributed by atoms with van der Waals surface area (Å²) in [5, 5.41) is 10.8. The Balaban J connectivity index is 1.93. The van der Waals surface area contributed by atoms with Crippen LogP contribution in [0.5, 0.6) is 0 Å².